The summed E-state index contributed by atoms with van der Waals surface area (Å²) in [5.41, 5.74) is 1.54. The molecule has 2 aliphatic rings. The molecule has 1 aromatic heterocycles. The molecule has 1 atom stereocenters. The largest absolute Gasteiger partial charge is 0.507 e. The molecule has 3 heterocycles. The Morgan fingerprint density at radius 3 is 2.83 bits per heavy atom. The van der Waals surface area contributed by atoms with Gasteiger partial charge >= 0.3 is 0 Å². The average molecular weight is 396 g/mol. The van der Waals surface area contributed by atoms with Crippen LogP contribution in [0.25, 0.3) is 5.76 Å². The molecule has 1 fully saturated rings. The number of nitrogens with zero attached hydrogens (tertiary/aromatic N) is 2. The number of fused-ring (bicyclic) bond motifs is 1. The molecule has 7 nitrogen and oxygen atoms in total. The van der Waals surface area contributed by atoms with Gasteiger partial charge in [-0.05, 0) is 63.0 Å². The van der Waals surface area contributed by atoms with Crippen LogP contribution in [0.3, 0.4) is 0 Å². The van der Waals surface area contributed by atoms with E-state index in [0.717, 1.165) is 24.3 Å². The molecule has 0 aliphatic carbocycles. The van der Waals surface area contributed by atoms with Crippen LogP contribution in [0.5, 0.6) is 5.75 Å². The molecule has 0 spiro atoms. The molecule has 0 bridgehead atoms. The van der Waals surface area contributed by atoms with Gasteiger partial charge in [0.15, 0.2) is 0 Å². The zero-order valence-electron chi connectivity index (χ0n) is 16.6. The second-order valence-corrected chi connectivity index (χ2v) is 7.59. The lowest BCUT2D eigenvalue weighted by molar-refractivity contribution is -0.140. The standard InChI is InChI=1S/C22H24N2O5/c1-23(2)9-4-10-24-19(17-5-3-11-28-17)18(21(26)22(24)27)20(25)15-6-7-16-14(13-15)8-12-29-16/h3,5-7,11,13,19,25H,4,8-10,12H2,1-2H3/b20-18-. The predicted octanol–water partition coefficient (Wildman–Crippen LogP) is 2.59. The number of benzene rings is 1. The highest BCUT2D eigenvalue weighted by Gasteiger charge is 2.47. The first kappa shape index (κ1) is 19.3. The third-order valence-electron chi connectivity index (χ3n) is 5.32. The van der Waals surface area contributed by atoms with Crippen LogP contribution in [0, 0.1) is 0 Å². The van der Waals surface area contributed by atoms with E-state index in [1.165, 1.54) is 11.2 Å². The second kappa shape index (κ2) is 7.75. The smallest absolute Gasteiger partial charge is 0.295 e. The van der Waals surface area contributed by atoms with Crippen molar-refractivity contribution in [2.45, 2.75) is 18.9 Å². The highest BCUT2D eigenvalue weighted by Crippen LogP contribution is 2.40. The Hall–Kier alpha value is -3.06. The van der Waals surface area contributed by atoms with E-state index in [1.807, 2.05) is 25.1 Å². The van der Waals surface area contributed by atoms with Gasteiger partial charge in [-0.3, -0.25) is 9.59 Å². The van der Waals surface area contributed by atoms with Crippen molar-refractivity contribution in [2.24, 2.45) is 0 Å². The highest BCUT2D eigenvalue weighted by molar-refractivity contribution is 6.46. The normalized spacial score (nSPS) is 20.4. The summed E-state index contributed by atoms with van der Waals surface area (Å²) < 4.78 is 11.1. The van der Waals surface area contributed by atoms with Crippen molar-refractivity contribution < 1.29 is 23.8 Å². The number of amides is 1. The van der Waals surface area contributed by atoms with Crippen LogP contribution in [0.15, 0.2) is 46.6 Å². The fraction of sp³-hybridized carbons (Fsp3) is 0.364. The second-order valence-electron chi connectivity index (χ2n) is 7.59. The first-order chi connectivity index (χ1) is 14.0. The molecule has 1 aromatic carbocycles. The molecule has 152 valence electrons. The predicted molar refractivity (Wildman–Crippen MR) is 107 cm³/mol. The molecule has 0 radical (unpaired) electrons. The molecule has 7 heteroatoms. The summed E-state index contributed by atoms with van der Waals surface area (Å²) in [5.74, 6) is -0.246. The number of Topliss-reactive ketones (excluding diaryl/α,β-unsaturated/α-hetero) is 1. The Morgan fingerprint density at radius 1 is 1.28 bits per heavy atom. The summed E-state index contributed by atoms with van der Waals surface area (Å²) >= 11 is 0. The van der Waals surface area contributed by atoms with E-state index in [4.69, 9.17) is 9.15 Å². The number of rotatable bonds is 6. The van der Waals surface area contributed by atoms with Crippen LogP contribution in [0.4, 0.5) is 0 Å². The van der Waals surface area contributed by atoms with E-state index in [1.54, 1.807) is 24.3 Å². The number of aliphatic hydroxyl groups is 1. The van der Waals surface area contributed by atoms with Crippen LogP contribution in [-0.2, 0) is 16.0 Å². The molecule has 1 unspecified atom stereocenters. The molecular formula is C22H24N2O5. The molecule has 1 saturated heterocycles. The van der Waals surface area contributed by atoms with Gasteiger partial charge in [-0.15, -0.1) is 0 Å². The number of hydrogen-bond acceptors (Lipinski definition) is 6. The van der Waals surface area contributed by atoms with Crippen LogP contribution in [0.1, 0.15) is 29.3 Å². The fourth-order valence-electron chi connectivity index (χ4n) is 3.90. The van der Waals surface area contributed by atoms with E-state index in [2.05, 4.69) is 0 Å². The molecule has 2 aromatic rings. The van der Waals surface area contributed by atoms with E-state index in [0.29, 0.717) is 30.9 Å². The Kier molecular flexibility index (Phi) is 5.15. The zero-order valence-corrected chi connectivity index (χ0v) is 16.6. The topological polar surface area (TPSA) is 83.2 Å². The molecule has 0 saturated carbocycles. The average Bonchev–Trinajstić information content (AvgIpc) is 3.43. The van der Waals surface area contributed by atoms with Crippen LogP contribution >= 0.6 is 0 Å². The van der Waals surface area contributed by atoms with Crippen LogP contribution in [0.2, 0.25) is 0 Å². The van der Waals surface area contributed by atoms with Gasteiger partial charge in [-0.1, -0.05) is 0 Å². The Bertz CT molecular complexity index is 962. The van der Waals surface area contributed by atoms with Crippen molar-refractivity contribution in [3.8, 4) is 5.75 Å². The van der Waals surface area contributed by atoms with E-state index in [9.17, 15) is 14.7 Å². The minimum absolute atomic E-state index is 0.0636. The number of aliphatic hydroxyl groups excluding tert-OH is 1. The number of likely N-dealkylation sites (tertiary alicyclic amines) is 1. The number of carbonyl (C=O) groups is 2. The lowest BCUT2D eigenvalue weighted by Crippen LogP contribution is -2.32. The molecule has 1 N–H and O–H groups in total. The van der Waals surface area contributed by atoms with Crippen molar-refractivity contribution in [3.05, 3.63) is 59.1 Å². The Labute approximate surface area is 169 Å². The number of hydrogen-bond donors (Lipinski definition) is 1. The summed E-state index contributed by atoms with van der Waals surface area (Å²) in [5, 5.41) is 11.0. The monoisotopic (exact) mass is 396 g/mol. The Morgan fingerprint density at radius 2 is 2.10 bits per heavy atom. The van der Waals surface area contributed by atoms with Gasteiger partial charge < -0.3 is 24.1 Å². The quantitative estimate of drug-likeness (QED) is 0.459. The first-order valence-corrected chi connectivity index (χ1v) is 9.70. The van der Waals surface area contributed by atoms with Crippen molar-refractivity contribution in [1.82, 2.24) is 9.80 Å². The number of ether oxygens (including phenoxy) is 1. The van der Waals surface area contributed by atoms with Gasteiger partial charge in [0, 0.05) is 18.5 Å². The molecule has 29 heavy (non-hydrogen) atoms. The number of carbonyl (C=O) groups excluding carboxylic acids is 2. The maximum atomic E-state index is 12.9. The van der Waals surface area contributed by atoms with Gasteiger partial charge in [0.1, 0.15) is 23.3 Å². The number of ketones is 1. The van der Waals surface area contributed by atoms with Gasteiger partial charge in [0.25, 0.3) is 11.7 Å². The van der Waals surface area contributed by atoms with E-state index < -0.39 is 17.7 Å². The third-order valence-corrected chi connectivity index (χ3v) is 5.32. The van der Waals surface area contributed by atoms with E-state index >= 15 is 0 Å². The summed E-state index contributed by atoms with van der Waals surface area (Å²) in [7, 11) is 3.91. The molecule has 4 rings (SSSR count). The summed E-state index contributed by atoms with van der Waals surface area (Å²) in [6.45, 7) is 1.77. The lowest BCUT2D eigenvalue weighted by atomic mass is 9.98. The number of furan rings is 1. The minimum Gasteiger partial charge on any atom is -0.507 e. The lowest BCUT2D eigenvalue weighted by Gasteiger charge is -2.24. The summed E-state index contributed by atoms with van der Waals surface area (Å²) in [6.07, 6.45) is 2.95. The van der Waals surface area contributed by atoms with E-state index in [-0.39, 0.29) is 11.3 Å². The van der Waals surface area contributed by atoms with Crippen molar-refractivity contribution in [2.75, 3.05) is 33.8 Å². The van der Waals surface area contributed by atoms with Crippen LogP contribution in [-0.4, -0.2) is 60.4 Å². The van der Waals surface area contributed by atoms with Crippen LogP contribution < -0.4 is 4.74 Å². The SMILES string of the molecule is CN(C)CCCN1C(=O)C(=O)/C(=C(\O)c2ccc3c(c2)CCO3)C1c1ccco1. The molecule has 2 aliphatic heterocycles. The summed E-state index contributed by atoms with van der Waals surface area (Å²) in [6, 6.07) is 8.00. The fourth-order valence-corrected chi connectivity index (χ4v) is 3.90. The third kappa shape index (κ3) is 3.53. The maximum Gasteiger partial charge on any atom is 0.295 e. The molecule has 1 amide bonds. The van der Waals surface area contributed by atoms with Gasteiger partial charge in [0.05, 0.1) is 18.4 Å². The summed E-state index contributed by atoms with van der Waals surface area (Å²) in [4.78, 5) is 29.2. The highest BCUT2D eigenvalue weighted by atomic mass is 16.5. The van der Waals surface area contributed by atoms with Crippen molar-refractivity contribution in [1.29, 1.82) is 0 Å². The minimum atomic E-state index is -0.739. The van der Waals surface area contributed by atoms with Gasteiger partial charge in [-0.2, -0.15) is 0 Å². The van der Waals surface area contributed by atoms with Gasteiger partial charge in [0.2, 0.25) is 0 Å². The zero-order chi connectivity index (χ0) is 20.5. The first-order valence-electron chi connectivity index (χ1n) is 9.70. The van der Waals surface area contributed by atoms with Crippen molar-refractivity contribution >= 4 is 17.4 Å². The maximum absolute atomic E-state index is 12.9. The Balaban J connectivity index is 1.74. The molecular weight excluding hydrogens is 372 g/mol. The van der Waals surface area contributed by atoms with Gasteiger partial charge in [-0.25, -0.2) is 0 Å². The van der Waals surface area contributed by atoms with Crippen molar-refractivity contribution in [3.63, 3.8) is 0 Å².